The maximum atomic E-state index is 14.1. The number of carboxylic acids is 1. The van der Waals surface area contributed by atoms with E-state index >= 15 is 0 Å². The van der Waals surface area contributed by atoms with Gasteiger partial charge in [0.05, 0.1) is 20.9 Å². The summed E-state index contributed by atoms with van der Waals surface area (Å²) < 4.78 is 98.2. The van der Waals surface area contributed by atoms with Crippen molar-refractivity contribution in [3.05, 3.63) is 83.4 Å². The third-order valence-electron chi connectivity index (χ3n) is 6.96. The van der Waals surface area contributed by atoms with Crippen LogP contribution < -0.4 is 4.72 Å². The third kappa shape index (κ3) is 6.64. The molecule has 0 aliphatic carbocycles. The van der Waals surface area contributed by atoms with Crippen molar-refractivity contribution in [2.45, 2.75) is 54.6 Å². The molecular weight excluding hydrogens is 581 g/mol. The fourth-order valence-electron chi connectivity index (χ4n) is 4.85. The van der Waals surface area contributed by atoms with Crippen LogP contribution in [0, 0.1) is 0 Å². The van der Waals surface area contributed by atoms with Gasteiger partial charge in [0, 0.05) is 19.1 Å². The van der Waals surface area contributed by atoms with E-state index < -0.39 is 48.7 Å². The second-order valence-electron chi connectivity index (χ2n) is 10.1. The molecule has 0 radical (unpaired) electrons. The lowest BCUT2D eigenvalue weighted by molar-refractivity contribution is -0.139. The van der Waals surface area contributed by atoms with Crippen LogP contribution in [-0.4, -0.2) is 51.3 Å². The summed E-state index contributed by atoms with van der Waals surface area (Å²) in [6.45, 7) is 3.61. The largest absolute Gasteiger partial charge is 0.478 e. The summed E-state index contributed by atoms with van der Waals surface area (Å²) >= 11 is 0. The van der Waals surface area contributed by atoms with Crippen molar-refractivity contribution in [3.63, 3.8) is 0 Å². The Hall–Kier alpha value is -3.26. The third-order valence-corrected chi connectivity index (χ3v) is 10.4. The molecule has 8 nitrogen and oxygen atoms in total. The summed E-state index contributed by atoms with van der Waals surface area (Å²) in [4.78, 5) is 10.1. The smallest absolute Gasteiger partial charge is 0.417 e. The van der Waals surface area contributed by atoms with Crippen molar-refractivity contribution in [2.24, 2.45) is 0 Å². The van der Waals surface area contributed by atoms with Gasteiger partial charge >= 0.3 is 12.1 Å². The highest BCUT2D eigenvalue weighted by atomic mass is 32.2. The Morgan fingerprint density at radius 1 is 0.951 bits per heavy atom. The van der Waals surface area contributed by atoms with Crippen molar-refractivity contribution in [1.82, 2.24) is 9.03 Å². The van der Waals surface area contributed by atoms with Gasteiger partial charge in [-0.05, 0) is 65.8 Å². The summed E-state index contributed by atoms with van der Waals surface area (Å²) in [6, 6.07) is 14.2. The first-order chi connectivity index (χ1) is 19.1. The minimum Gasteiger partial charge on any atom is -0.478 e. The van der Waals surface area contributed by atoms with Crippen molar-refractivity contribution < 1.29 is 39.9 Å². The Bertz CT molecular complexity index is 1660. The average Bonchev–Trinajstić information content (AvgIpc) is 2.92. The average molecular weight is 611 g/mol. The number of sulfonamides is 2. The number of nitrogens with one attached hydrogen (secondary N) is 1. The van der Waals surface area contributed by atoms with Gasteiger partial charge in [-0.25, -0.2) is 26.4 Å². The SMILES string of the molecule is CC(C)c1ccccc1-c1ccc(S(=O)(=O)NC2CCN(S(=O)(=O)c3cccc(C(=O)O)c3)CC2)c(C(F)(F)F)c1. The molecule has 13 heteroatoms. The van der Waals surface area contributed by atoms with Crippen molar-refractivity contribution in [2.75, 3.05) is 13.1 Å². The topological polar surface area (TPSA) is 121 Å². The fourth-order valence-corrected chi connectivity index (χ4v) is 7.88. The zero-order valence-electron chi connectivity index (χ0n) is 22.2. The van der Waals surface area contributed by atoms with Gasteiger partial charge in [-0.2, -0.15) is 17.5 Å². The number of piperidine rings is 1. The Balaban J connectivity index is 1.55. The number of nitrogens with zero attached hydrogens (tertiary/aromatic N) is 1. The quantitative estimate of drug-likeness (QED) is 0.356. The van der Waals surface area contributed by atoms with Crippen LogP contribution in [0.4, 0.5) is 13.2 Å². The van der Waals surface area contributed by atoms with E-state index in [0.29, 0.717) is 5.56 Å². The molecule has 3 aromatic carbocycles. The molecule has 0 unspecified atom stereocenters. The van der Waals surface area contributed by atoms with E-state index in [1.807, 2.05) is 19.9 Å². The molecule has 1 aliphatic heterocycles. The van der Waals surface area contributed by atoms with E-state index in [9.17, 15) is 34.8 Å². The Labute approximate surface area is 236 Å². The zero-order chi connectivity index (χ0) is 30.2. The number of rotatable bonds is 8. The first-order valence-electron chi connectivity index (χ1n) is 12.8. The Morgan fingerprint density at radius 2 is 1.61 bits per heavy atom. The number of carboxylic acid groups (broad SMARTS) is 1. The first-order valence-corrected chi connectivity index (χ1v) is 15.7. The molecular formula is C28H29F3N2O6S2. The number of hydrogen-bond acceptors (Lipinski definition) is 5. The molecule has 0 bridgehead atoms. The Kier molecular flexibility index (Phi) is 8.65. The molecule has 41 heavy (non-hydrogen) atoms. The molecule has 0 atom stereocenters. The summed E-state index contributed by atoms with van der Waals surface area (Å²) in [5, 5.41) is 9.16. The van der Waals surface area contributed by atoms with E-state index in [0.717, 1.165) is 28.1 Å². The highest BCUT2D eigenvalue weighted by Crippen LogP contribution is 2.39. The number of alkyl halides is 3. The first kappa shape index (κ1) is 30.7. The van der Waals surface area contributed by atoms with Gasteiger partial charge in [-0.1, -0.05) is 50.2 Å². The number of aromatic carboxylic acids is 1. The van der Waals surface area contributed by atoms with Crippen LogP contribution in [0.15, 0.2) is 76.5 Å². The van der Waals surface area contributed by atoms with Gasteiger partial charge in [0.15, 0.2) is 0 Å². The van der Waals surface area contributed by atoms with Crippen LogP contribution >= 0.6 is 0 Å². The maximum absolute atomic E-state index is 14.1. The lowest BCUT2D eigenvalue weighted by Gasteiger charge is -2.31. The molecule has 4 rings (SSSR count). The van der Waals surface area contributed by atoms with Crippen LogP contribution in [0.5, 0.6) is 0 Å². The second kappa shape index (κ2) is 11.6. The molecule has 1 aliphatic rings. The standard InChI is InChI=1S/C28H29F3N2O6S2/c1-18(2)23-8-3-4-9-24(23)19-10-11-26(25(17-19)28(29,30)31)40(36,37)32-21-12-14-33(15-13-21)41(38,39)22-7-5-6-20(16-22)27(34)35/h3-11,16-18,21,32H,12-15H2,1-2H3,(H,34,35). The van der Waals surface area contributed by atoms with Crippen molar-refractivity contribution >= 4 is 26.0 Å². The number of halogens is 3. The normalized spacial score (nSPS) is 15.8. The lowest BCUT2D eigenvalue weighted by Crippen LogP contribution is -2.46. The predicted octanol–water partition coefficient (Wildman–Crippen LogP) is 5.33. The van der Waals surface area contributed by atoms with Crippen molar-refractivity contribution in [1.29, 1.82) is 0 Å². The van der Waals surface area contributed by atoms with E-state index in [2.05, 4.69) is 4.72 Å². The minimum absolute atomic E-state index is 0.0122. The number of carbonyl (C=O) groups is 1. The maximum Gasteiger partial charge on any atom is 0.417 e. The van der Waals surface area contributed by atoms with E-state index in [-0.39, 0.29) is 47.9 Å². The molecule has 0 spiro atoms. The minimum atomic E-state index is -4.95. The van der Waals surface area contributed by atoms with Gasteiger partial charge in [0.25, 0.3) is 0 Å². The van der Waals surface area contributed by atoms with Crippen LogP contribution in [-0.2, 0) is 26.2 Å². The number of hydrogen-bond donors (Lipinski definition) is 2. The van der Waals surface area contributed by atoms with Crippen LogP contribution in [0.2, 0.25) is 0 Å². The summed E-state index contributed by atoms with van der Waals surface area (Å²) in [6.07, 6.45) is -4.93. The molecule has 1 heterocycles. The molecule has 1 fully saturated rings. The summed E-state index contributed by atoms with van der Waals surface area (Å²) in [5.41, 5.74) is 0.150. The summed E-state index contributed by atoms with van der Waals surface area (Å²) in [5.74, 6) is -1.26. The van der Waals surface area contributed by atoms with Crippen molar-refractivity contribution in [3.8, 4) is 11.1 Å². The summed E-state index contributed by atoms with van der Waals surface area (Å²) in [7, 11) is -8.68. The van der Waals surface area contributed by atoms with E-state index in [1.54, 1.807) is 18.2 Å². The molecule has 0 saturated carbocycles. The number of benzene rings is 3. The zero-order valence-corrected chi connectivity index (χ0v) is 23.9. The van der Waals surface area contributed by atoms with E-state index in [4.69, 9.17) is 5.11 Å². The molecule has 3 aromatic rings. The predicted molar refractivity (Wildman–Crippen MR) is 146 cm³/mol. The molecule has 1 saturated heterocycles. The van der Waals surface area contributed by atoms with Gasteiger partial charge in [0.1, 0.15) is 0 Å². The highest BCUT2D eigenvalue weighted by molar-refractivity contribution is 7.89. The fraction of sp³-hybridized carbons (Fsp3) is 0.321. The van der Waals surface area contributed by atoms with Crippen LogP contribution in [0.3, 0.4) is 0 Å². The molecule has 220 valence electrons. The Morgan fingerprint density at radius 3 is 2.22 bits per heavy atom. The van der Waals surface area contributed by atoms with Crippen LogP contribution in [0.25, 0.3) is 11.1 Å². The molecule has 0 amide bonds. The van der Waals surface area contributed by atoms with E-state index in [1.165, 1.54) is 24.3 Å². The van der Waals surface area contributed by atoms with Gasteiger partial charge in [0.2, 0.25) is 20.0 Å². The van der Waals surface area contributed by atoms with Gasteiger partial charge in [-0.3, -0.25) is 0 Å². The van der Waals surface area contributed by atoms with Crippen LogP contribution in [0.1, 0.15) is 54.1 Å². The molecule has 2 N–H and O–H groups in total. The molecule has 0 aromatic heterocycles. The van der Waals surface area contributed by atoms with Gasteiger partial charge in [-0.15, -0.1) is 0 Å². The monoisotopic (exact) mass is 610 g/mol. The van der Waals surface area contributed by atoms with Gasteiger partial charge < -0.3 is 5.11 Å². The second-order valence-corrected chi connectivity index (χ2v) is 13.7. The lowest BCUT2D eigenvalue weighted by atomic mass is 9.92. The highest BCUT2D eigenvalue weighted by Gasteiger charge is 2.39.